The SMILES string of the molecule is CCS(=O)(=O)Nc1ccc2c(c1)C(=O)N(C)[C@H]1CC[C@@H](CC(=O)N3CCN(C)CC3)O[C@H]1CO2. The number of carbonyl (C=O) groups excluding carboxylic acids is 2. The van der Waals surface area contributed by atoms with Gasteiger partial charge >= 0.3 is 0 Å². The molecule has 3 aliphatic rings. The molecule has 0 radical (unpaired) electrons. The van der Waals surface area contributed by atoms with Crippen LogP contribution in [0.15, 0.2) is 18.2 Å². The quantitative estimate of drug-likeness (QED) is 0.650. The Morgan fingerprint density at radius 2 is 1.88 bits per heavy atom. The van der Waals surface area contributed by atoms with E-state index in [1.165, 1.54) is 6.07 Å². The number of piperazine rings is 1. The van der Waals surface area contributed by atoms with Crippen molar-refractivity contribution in [1.29, 1.82) is 0 Å². The Morgan fingerprint density at radius 1 is 1.15 bits per heavy atom. The molecule has 0 aromatic heterocycles. The summed E-state index contributed by atoms with van der Waals surface area (Å²) < 4.78 is 38.6. The van der Waals surface area contributed by atoms with Crippen LogP contribution < -0.4 is 9.46 Å². The number of amides is 2. The lowest BCUT2D eigenvalue weighted by atomic mass is 9.94. The van der Waals surface area contributed by atoms with Crippen molar-refractivity contribution in [2.45, 2.75) is 44.4 Å². The Balaban J connectivity index is 1.44. The average molecular weight is 495 g/mol. The van der Waals surface area contributed by atoms with E-state index in [9.17, 15) is 18.0 Å². The van der Waals surface area contributed by atoms with Gasteiger partial charge in [0.1, 0.15) is 18.5 Å². The summed E-state index contributed by atoms with van der Waals surface area (Å²) in [5, 5.41) is 0. The zero-order valence-corrected chi connectivity index (χ0v) is 20.8. The van der Waals surface area contributed by atoms with Gasteiger partial charge in [-0.3, -0.25) is 14.3 Å². The zero-order chi connectivity index (χ0) is 24.5. The Labute approximate surface area is 201 Å². The summed E-state index contributed by atoms with van der Waals surface area (Å²) in [6, 6.07) is 4.51. The van der Waals surface area contributed by atoms with Crippen LogP contribution in [-0.4, -0.2) is 106 Å². The Hall–Kier alpha value is -2.37. The highest BCUT2D eigenvalue weighted by Crippen LogP contribution is 2.33. The highest BCUT2D eigenvalue weighted by molar-refractivity contribution is 7.92. The van der Waals surface area contributed by atoms with Gasteiger partial charge in [0.05, 0.1) is 29.9 Å². The molecule has 2 saturated heterocycles. The minimum Gasteiger partial charge on any atom is -0.490 e. The van der Waals surface area contributed by atoms with Gasteiger partial charge in [-0.25, -0.2) is 8.42 Å². The topological polar surface area (TPSA) is 108 Å². The van der Waals surface area contributed by atoms with Gasteiger partial charge < -0.3 is 24.2 Å². The maximum atomic E-state index is 13.3. The molecule has 2 fully saturated rings. The van der Waals surface area contributed by atoms with Crippen LogP contribution in [0.4, 0.5) is 5.69 Å². The monoisotopic (exact) mass is 494 g/mol. The average Bonchev–Trinajstić information content (AvgIpc) is 2.82. The van der Waals surface area contributed by atoms with Crippen molar-refractivity contribution >= 4 is 27.5 Å². The molecule has 34 heavy (non-hydrogen) atoms. The maximum absolute atomic E-state index is 13.3. The lowest BCUT2D eigenvalue weighted by Crippen LogP contribution is -2.54. The summed E-state index contributed by atoms with van der Waals surface area (Å²) in [6.45, 7) is 5.03. The second-order valence-corrected chi connectivity index (χ2v) is 11.3. The van der Waals surface area contributed by atoms with Crippen LogP contribution in [0.3, 0.4) is 0 Å². The van der Waals surface area contributed by atoms with Gasteiger partial charge in [0.2, 0.25) is 15.9 Å². The predicted molar refractivity (Wildman–Crippen MR) is 127 cm³/mol. The Kier molecular flexibility index (Phi) is 7.34. The lowest BCUT2D eigenvalue weighted by molar-refractivity contribution is -0.144. The smallest absolute Gasteiger partial charge is 0.257 e. The fraction of sp³-hybridized carbons (Fsp3) is 0.652. The third-order valence-electron chi connectivity index (χ3n) is 6.92. The van der Waals surface area contributed by atoms with Gasteiger partial charge in [-0.05, 0) is 45.0 Å². The summed E-state index contributed by atoms with van der Waals surface area (Å²) in [4.78, 5) is 31.8. The van der Waals surface area contributed by atoms with E-state index < -0.39 is 10.0 Å². The second kappa shape index (κ2) is 10.1. The van der Waals surface area contributed by atoms with Gasteiger partial charge in [0.25, 0.3) is 5.91 Å². The minimum absolute atomic E-state index is 0.0615. The summed E-state index contributed by atoms with van der Waals surface area (Å²) in [6.07, 6.45) is 1.17. The van der Waals surface area contributed by atoms with Crippen LogP contribution in [0, 0.1) is 0 Å². The van der Waals surface area contributed by atoms with Crippen molar-refractivity contribution < 1.29 is 27.5 Å². The van der Waals surface area contributed by atoms with Crippen molar-refractivity contribution in [3.05, 3.63) is 23.8 Å². The number of hydrogen-bond donors (Lipinski definition) is 1. The number of benzene rings is 1. The third-order valence-corrected chi connectivity index (χ3v) is 8.23. The molecule has 11 heteroatoms. The molecule has 1 aromatic rings. The van der Waals surface area contributed by atoms with E-state index in [1.54, 1.807) is 31.0 Å². The molecule has 0 aliphatic carbocycles. The number of nitrogens with one attached hydrogen (secondary N) is 1. The van der Waals surface area contributed by atoms with Crippen molar-refractivity contribution in [2.24, 2.45) is 0 Å². The fourth-order valence-corrected chi connectivity index (χ4v) is 5.35. The van der Waals surface area contributed by atoms with Crippen LogP contribution in [0.5, 0.6) is 5.75 Å². The largest absolute Gasteiger partial charge is 0.490 e. The molecule has 0 spiro atoms. The summed E-state index contributed by atoms with van der Waals surface area (Å²) in [5.74, 6) is 0.181. The first kappa shape index (κ1) is 24.7. The van der Waals surface area contributed by atoms with Crippen molar-refractivity contribution in [2.75, 3.05) is 57.4 Å². The van der Waals surface area contributed by atoms with E-state index in [0.717, 1.165) is 26.2 Å². The summed E-state index contributed by atoms with van der Waals surface area (Å²) >= 11 is 0. The van der Waals surface area contributed by atoms with Gasteiger partial charge in [-0.1, -0.05) is 0 Å². The minimum atomic E-state index is -3.46. The number of sulfonamides is 1. The van der Waals surface area contributed by atoms with Gasteiger partial charge in [0, 0.05) is 38.9 Å². The number of ether oxygens (including phenoxy) is 2. The van der Waals surface area contributed by atoms with E-state index in [4.69, 9.17) is 9.47 Å². The van der Waals surface area contributed by atoms with Crippen molar-refractivity contribution in [3.63, 3.8) is 0 Å². The number of anilines is 1. The number of carbonyl (C=O) groups is 2. The van der Waals surface area contributed by atoms with Gasteiger partial charge in [0.15, 0.2) is 0 Å². The summed E-state index contributed by atoms with van der Waals surface area (Å²) in [5.41, 5.74) is 0.634. The number of likely N-dealkylation sites (N-methyl/N-ethyl adjacent to an activating group) is 2. The van der Waals surface area contributed by atoms with Crippen LogP contribution in [0.2, 0.25) is 0 Å². The van der Waals surface area contributed by atoms with E-state index >= 15 is 0 Å². The summed E-state index contributed by atoms with van der Waals surface area (Å²) in [7, 11) is 0.328. The first-order valence-electron chi connectivity index (χ1n) is 11.8. The maximum Gasteiger partial charge on any atom is 0.257 e. The molecular weight excluding hydrogens is 460 g/mol. The molecule has 0 bridgehead atoms. The molecule has 1 N–H and O–H groups in total. The number of fused-ring (bicyclic) bond motifs is 2. The zero-order valence-electron chi connectivity index (χ0n) is 20.0. The predicted octanol–water partition coefficient (Wildman–Crippen LogP) is 0.993. The molecule has 10 nitrogen and oxygen atoms in total. The van der Waals surface area contributed by atoms with Gasteiger partial charge in [-0.15, -0.1) is 0 Å². The van der Waals surface area contributed by atoms with E-state index in [2.05, 4.69) is 16.7 Å². The standard InChI is InChI=1S/C23H34N4O6S/c1-4-34(30,31)24-16-5-8-20-18(13-16)23(29)26(3)19-7-6-17(33-21(19)15-32-20)14-22(28)27-11-9-25(2)10-12-27/h5,8,13,17,19,21,24H,4,6-7,9-12,14-15H2,1-3H3/t17-,19-,21-/m0/s1. The lowest BCUT2D eigenvalue weighted by Gasteiger charge is -2.42. The first-order chi connectivity index (χ1) is 16.2. The van der Waals surface area contributed by atoms with E-state index in [0.29, 0.717) is 36.3 Å². The number of hydrogen-bond acceptors (Lipinski definition) is 7. The van der Waals surface area contributed by atoms with Crippen molar-refractivity contribution in [3.8, 4) is 5.75 Å². The van der Waals surface area contributed by atoms with Crippen LogP contribution in [0.25, 0.3) is 0 Å². The molecule has 2 amide bonds. The Bertz CT molecular complexity index is 1020. The van der Waals surface area contributed by atoms with E-state index in [1.807, 2.05) is 4.90 Å². The van der Waals surface area contributed by atoms with E-state index in [-0.39, 0.29) is 42.4 Å². The third kappa shape index (κ3) is 5.47. The van der Waals surface area contributed by atoms with Crippen molar-refractivity contribution in [1.82, 2.24) is 14.7 Å². The Morgan fingerprint density at radius 3 is 2.59 bits per heavy atom. The molecule has 3 aliphatic heterocycles. The number of nitrogens with zero attached hydrogens (tertiary/aromatic N) is 3. The fourth-order valence-electron chi connectivity index (χ4n) is 4.72. The van der Waals surface area contributed by atoms with Gasteiger partial charge in [-0.2, -0.15) is 0 Å². The molecule has 4 rings (SSSR count). The van der Waals surface area contributed by atoms with Crippen LogP contribution in [0.1, 0.15) is 36.5 Å². The molecule has 3 atom stereocenters. The highest BCUT2D eigenvalue weighted by Gasteiger charge is 2.39. The van der Waals surface area contributed by atoms with Crippen LogP contribution >= 0.6 is 0 Å². The second-order valence-electron chi connectivity index (χ2n) is 9.27. The molecule has 0 saturated carbocycles. The highest BCUT2D eigenvalue weighted by atomic mass is 32.2. The first-order valence-corrected chi connectivity index (χ1v) is 13.5. The molecule has 1 aromatic carbocycles. The number of rotatable bonds is 5. The molecular formula is C23H34N4O6S. The normalized spacial score (nSPS) is 26.1. The molecule has 188 valence electrons. The molecule has 0 unspecified atom stereocenters. The van der Waals surface area contributed by atoms with Crippen LogP contribution in [-0.2, 0) is 19.6 Å². The molecule has 3 heterocycles.